The van der Waals surface area contributed by atoms with Crippen molar-refractivity contribution in [2.24, 2.45) is 0 Å². The molecule has 0 aliphatic heterocycles. The topological polar surface area (TPSA) is 21.3 Å². The van der Waals surface area contributed by atoms with Crippen LogP contribution in [0.3, 0.4) is 0 Å². The number of rotatable bonds is 8. The Balaban J connectivity index is 2.13. The van der Waals surface area contributed by atoms with E-state index < -0.39 is 0 Å². The van der Waals surface area contributed by atoms with Crippen LogP contribution in [0.15, 0.2) is 18.2 Å². The molecule has 96 valence electrons. The van der Waals surface area contributed by atoms with E-state index in [1.165, 1.54) is 0 Å². The van der Waals surface area contributed by atoms with Gasteiger partial charge in [-0.2, -0.15) is 0 Å². The van der Waals surface area contributed by atoms with Gasteiger partial charge in [0.05, 0.1) is 0 Å². The summed E-state index contributed by atoms with van der Waals surface area (Å²) < 4.78 is 5.39. The van der Waals surface area contributed by atoms with Gasteiger partial charge in [-0.05, 0) is 43.1 Å². The highest BCUT2D eigenvalue weighted by atomic mass is 35.5. The summed E-state index contributed by atoms with van der Waals surface area (Å²) in [6, 6.07) is 5.59. The highest BCUT2D eigenvalue weighted by Gasteiger charge is 1.97. The van der Waals surface area contributed by atoms with Gasteiger partial charge in [-0.15, -0.1) is 0 Å². The largest absolute Gasteiger partial charge is 0.381 e. The van der Waals surface area contributed by atoms with Crippen molar-refractivity contribution in [1.29, 1.82) is 0 Å². The standard InChI is InChI=1S/C13H19Cl2NO/c1-2-5-17-6-3-4-16-10-11-7-12(14)9-13(15)8-11/h7-9,16H,2-6,10H2,1H3. The number of halogens is 2. The molecule has 1 rings (SSSR count). The van der Waals surface area contributed by atoms with Gasteiger partial charge in [0.25, 0.3) is 0 Å². The molecule has 2 nitrogen and oxygen atoms in total. The summed E-state index contributed by atoms with van der Waals surface area (Å²) >= 11 is 11.8. The second-order valence-corrected chi connectivity index (χ2v) is 4.79. The highest BCUT2D eigenvalue weighted by molar-refractivity contribution is 6.34. The fourth-order valence-corrected chi connectivity index (χ4v) is 2.06. The minimum Gasteiger partial charge on any atom is -0.381 e. The van der Waals surface area contributed by atoms with E-state index in [9.17, 15) is 0 Å². The van der Waals surface area contributed by atoms with Gasteiger partial charge in [-0.3, -0.25) is 0 Å². The number of ether oxygens (including phenoxy) is 1. The summed E-state index contributed by atoms with van der Waals surface area (Å²) in [5.41, 5.74) is 1.11. The van der Waals surface area contributed by atoms with Gasteiger partial charge >= 0.3 is 0 Å². The van der Waals surface area contributed by atoms with Crippen molar-refractivity contribution in [1.82, 2.24) is 5.32 Å². The van der Waals surface area contributed by atoms with Crippen LogP contribution in [0.1, 0.15) is 25.3 Å². The molecule has 0 heterocycles. The lowest BCUT2D eigenvalue weighted by Crippen LogP contribution is -2.16. The Bertz CT molecular complexity index is 311. The molecule has 0 aromatic heterocycles. The van der Waals surface area contributed by atoms with E-state index in [1.807, 2.05) is 12.1 Å². The van der Waals surface area contributed by atoms with Crippen LogP contribution >= 0.6 is 23.2 Å². The van der Waals surface area contributed by atoms with Gasteiger partial charge < -0.3 is 10.1 Å². The van der Waals surface area contributed by atoms with E-state index in [-0.39, 0.29) is 0 Å². The Labute approximate surface area is 113 Å². The lowest BCUT2D eigenvalue weighted by molar-refractivity contribution is 0.132. The van der Waals surface area contributed by atoms with E-state index in [1.54, 1.807) is 6.07 Å². The van der Waals surface area contributed by atoms with Crippen molar-refractivity contribution >= 4 is 23.2 Å². The number of hydrogen-bond acceptors (Lipinski definition) is 2. The molecule has 0 atom stereocenters. The van der Waals surface area contributed by atoms with Gasteiger partial charge in [0.15, 0.2) is 0 Å². The molecule has 1 aromatic rings. The zero-order valence-corrected chi connectivity index (χ0v) is 11.7. The Morgan fingerprint density at radius 2 is 1.82 bits per heavy atom. The van der Waals surface area contributed by atoms with Gasteiger partial charge in [0.1, 0.15) is 0 Å². The Kier molecular flexibility index (Phi) is 7.62. The average Bonchev–Trinajstić information content (AvgIpc) is 2.26. The summed E-state index contributed by atoms with van der Waals surface area (Å²) in [5, 5.41) is 4.70. The predicted molar refractivity (Wildman–Crippen MR) is 73.9 cm³/mol. The fourth-order valence-electron chi connectivity index (χ4n) is 1.49. The van der Waals surface area contributed by atoms with E-state index >= 15 is 0 Å². The molecule has 0 radical (unpaired) electrons. The number of nitrogens with one attached hydrogen (secondary N) is 1. The van der Waals surface area contributed by atoms with Crippen molar-refractivity contribution in [3.05, 3.63) is 33.8 Å². The Morgan fingerprint density at radius 3 is 2.47 bits per heavy atom. The molecule has 17 heavy (non-hydrogen) atoms. The first kappa shape index (κ1) is 14.8. The first-order valence-corrected chi connectivity index (χ1v) is 6.71. The molecule has 0 fully saturated rings. The molecule has 0 saturated carbocycles. The third-order valence-corrected chi connectivity index (χ3v) is 2.68. The SMILES string of the molecule is CCCOCCCNCc1cc(Cl)cc(Cl)c1. The van der Waals surface area contributed by atoms with Crippen molar-refractivity contribution in [2.75, 3.05) is 19.8 Å². The van der Waals surface area contributed by atoms with E-state index in [4.69, 9.17) is 27.9 Å². The lowest BCUT2D eigenvalue weighted by Gasteiger charge is -2.06. The maximum atomic E-state index is 5.92. The van der Waals surface area contributed by atoms with Crippen molar-refractivity contribution in [3.63, 3.8) is 0 Å². The smallest absolute Gasteiger partial charge is 0.0478 e. The van der Waals surface area contributed by atoms with Crippen LogP contribution < -0.4 is 5.32 Å². The molecule has 1 N–H and O–H groups in total. The molecule has 0 saturated heterocycles. The number of hydrogen-bond donors (Lipinski definition) is 1. The molecular weight excluding hydrogens is 257 g/mol. The first-order chi connectivity index (χ1) is 8.22. The maximum absolute atomic E-state index is 5.92. The summed E-state index contributed by atoms with van der Waals surface area (Å²) in [6.45, 7) is 5.50. The van der Waals surface area contributed by atoms with Crippen LogP contribution in [0.25, 0.3) is 0 Å². The van der Waals surface area contributed by atoms with Crippen molar-refractivity contribution in [3.8, 4) is 0 Å². The van der Waals surface area contributed by atoms with Gasteiger partial charge in [-0.1, -0.05) is 30.1 Å². The molecule has 0 amide bonds. The van der Waals surface area contributed by atoms with Crippen molar-refractivity contribution < 1.29 is 4.74 Å². The minimum absolute atomic E-state index is 0.681. The Morgan fingerprint density at radius 1 is 1.12 bits per heavy atom. The highest BCUT2D eigenvalue weighted by Crippen LogP contribution is 2.18. The van der Waals surface area contributed by atoms with E-state index in [0.717, 1.165) is 44.7 Å². The summed E-state index contributed by atoms with van der Waals surface area (Å²) in [4.78, 5) is 0. The zero-order valence-electron chi connectivity index (χ0n) is 10.1. The second kappa shape index (κ2) is 8.76. The molecule has 0 spiro atoms. The Hall–Kier alpha value is -0.280. The monoisotopic (exact) mass is 275 g/mol. The quantitative estimate of drug-likeness (QED) is 0.727. The summed E-state index contributed by atoms with van der Waals surface area (Å²) in [5.74, 6) is 0. The minimum atomic E-state index is 0.681. The van der Waals surface area contributed by atoms with E-state index in [2.05, 4.69) is 12.2 Å². The zero-order chi connectivity index (χ0) is 12.5. The third-order valence-electron chi connectivity index (χ3n) is 2.24. The number of benzene rings is 1. The normalized spacial score (nSPS) is 10.8. The van der Waals surface area contributed by atoms with Crippen LogP contribution in [0.2, 0.25) is 10.0 Å². The molecular formula is C13H19Cl2NO. The first-order valence-electron chi connectivity index (χ1n) is 5.96. The third kappa shape index (κ3) is 6.89. The van der Waals surface area contributed by atoms with E-state index in [0.29, 0.717) is 10.0 Å². The van der Waals surface area contributed by atoms with Crippen LogP contribution in [-0.2, 0) is 11.3 Å². The molecule has 0 bridgehead atoms. The molecule has 0 aliphatic carbocycles. The molecule has 0 unspecified atom stereocenters. The van der Waals surface area contributed by atoms with Crippen molar-refractivity contribution in [2.45, 2.75) is 26.3 Å². The molecule has 4 heteroatoms. The predicted octanol–water partition coefficient (Wildman–Crippen LogP) is 3.90. The second-order valence-electron chi connectivity index (χ2n) is 3.92. The average molecular weight is 276 g/mol. The molecule has 0 aliphatic rings. The lowest BCUT2D eigenvalue weighted by atomic mass is 10.2. The summed E-state index contributed by atoms with van der Waals surface area (Å²) in [7, 11) is 0. The summed E-state index contributed by atoms with van der Waals surface area (Å²) in [6.07, 6.45) is 2.10. The van der Waals surface area contributed by atoms with Crippen LogP contribution in [0.5, 0.6) is 0 Å². The maximum Gasteiger partial charge on any atom is 0.0478 e. The van der Waals surface area contributed by atoms with Gasteiger partial charge in [0, 0.05) is 29.8 Å². The van der Waals surface area contributed by atoms with Gasteiger partial charge in [-0.25, -0.2) is 0 Å². The fraction of sp³-hybridized carbons (Fsp3) is 0.538. The van der Waals surface area contributed by atoms with Crippen LogP contribution in [0.4, 0.5) is 0 Å². The van der Waals surface area contributed by atoms with Gasteiger partial charge in [0.2, 0.25) is 0 Å². The van der Waals surface area contributed by atoms with Crippen LogP contribution in [0, 0.1) is 0 Å². The van der Waals surface area contributed by atoms with Crippen LogP contribution in [-0.4, -0.2) is 19.8 Å². The molecule has 1 aromatic carbocycles.